The second-order valence-electron chi connectivity index (χ2n) is 4.07. The van der Waals surface area contributed by atoms with Gasteiger partial charge in [0, 0.05) is 13.1 Å². The third kappa shape index (κ3) is 1.33. The van der Waals surface area contributed by atoms with Crippen molar-refractivity contribution < 1.29 is 9.46 Å². The molecule has 8 heteroatoms. The van der Waals surface area contributed by atoms with Crippen LogP contribution in [-0.2, 0) is 7.05 Å². The summed E-state index contributed by atoms with van der Waals surface area (Å²) in [5.41, 5.74) is -2.16. The molecule has 19 heavy (non-hydrogen) atoms. The first-order valence-corrected chi connectivity index (χ1v) is 5.39. The molecule has 0 aliphatic carbocycles. The van der Waals surface area contributed by atoms with E-state index in [4.69, 9.17) is 0 Å². The normalized spacial score (nSPS) is 11.2. The van der Waals surface area contributed by atoms with Crippen molar-refractivity contribution in [1.82, 2.24) is 9.55 Å². The van der Waals surface area contributed by atoms with Gasteiger partial charge in [-0.3, -0.25) is 4.79 Å². The summed E-state index contributed by atoms with van der Waals surface area (Å²) < 4.78 is 1.48. The molecule has 2 heterocycles. The van der Waals surface area contributed by atoms with Gasteiger partial charge in [-0.05, 0) is 6.07 Å². The summed E-state index contributed by atoms with van der Waals surface area (Å²) in [6.07, 6.45) is 0. The standard InChI is InChI=1S/C11H8N4O4/c1-13-10(16)8-9(12-11(13)17)15(19)7-5-3-2-4-6(7)14(8)18/h2-5H,1H3,(H,12,17). The molecular weight excluding hydrogens is 252 g/mol. The highest BCUT2D eigenvalue weighted by molar-refractivity contribution is 5.73. The lowest BCUT2D eigenvalue weighted by molar-refractivity contribution is -0.593. The van der Waals surface area contributed by atoms with Crippen LogP contribution in [0.15, 0.2) is 33.9 Å². The summed E-state index contributed by atoms with van der Waals surface area (Å²) in [6, 6.07) is 6.03. The van der Waals surface area contributed by atoms with E-state index in [1.54, 1.807) is 12.1 Å². The second kappa shape index (κ2) is 3.55. The van der Waals surface area contributed by atoms with Crippen LogP contribution in [0.5, 0.6) is 0 Å². The number of nitrogens with one attached hydrogen (secondary N) is 1. The Morgan fingerprint density at radius 1 is 1.11 bits per heavy atom. The Bertz CT molecular complexity index is 941. The summed E-state index contributed by atoms with van der Waals surface area (Å²) in [5.74, 6) is 0. The van der Waals surface area contributed by atoms with E-state index in [2.05, 4.69) is 4.98 Å². The third-order valence-corrected chi connectivity index (χ3v) is 2.99. The van der Waals surface area contributed by atoms with Crippen molar-refractivity contribution in [3.63, 3.8) is 0 Å². The predicted octanol–water partition coefficient (Wildman–Crippen LogP) is -1.35. The van der Waals surface area contributed by atoms with Gasteiger partial charge >= 0.3 is 22.4 Å². The first kappa shape index (κ1) is 11.2. The number of aromatic nitrogens is 4. The lowest BCUT2D eigenvalue weighted by Gasteiger charge is -2.09. The van der Waals surface area contributed by atoms with Gasteiger partial charge < -0.3 is 10.4 Å². The van der Waals surface area contributed by atoms with Crippen LogP contribution in [-0.4, -0.2) is 9.55 Å². The number of hydrogen-bond donors (Lipinski definition) is 1. The van der Waals surface area contributed by atoms with Crippen LogP contribution < -0.4 is 20.7 Å². The SMILES string of the molecule is Cn1c(=O)[nH]c2c(c1=O)[n+]([O-])c1ccccc1[n+]2[O-]. The highest BCUT2D eigenvalue weighted by atomic mass is 16.5. The van der Waals surface area contributed by atoms with E-state index in [1.165, 1.54) is 19.2 Å². The number of para-hydroxylation sites is 2. The highest BCUT2D eigenvalue weighted by Gasteiger charge is 2.24. The van der Waals surface area contributed by atoms with Gasteiger partial charge in [-0.1, -0.05) is 12.1 Å². The van der Waals surface area contributed by atoms with Crippen LogP contribution >= 0.6 is 0 Å². The number of aromatic amines is 1. The van der Waals surface area contributed by atoms with Gasteiger partial charge in [0.05, 0.1) is 0 Å². The smallest absolute Gasteiger partial charge is 0.416 e. The van der Waals surface area contributed by atoms with Crippen molar-refractivity contribution in [3.8, 4) is 0 Å². The first-order chi connectivity index (χ1) is 9.02. The van der Waals surface area contributed by atoms with Gasteiger partial charge in [0.1, 0.15) is 0 Å². The molecule has 3 rings (SSSR count). The summed E-state index contributed by atoms with van der Waals surface area (Å²) in [7, 11) is 1.23. The van der Waals surface area contributed by atoms with Crippen molar-refractivity contribution >= 4 is 22.2 Å². The zero-order valence-electron chi connectivity index (χ0n) is 9.78. The minimum Gasteiger partial charge on any atom is -0.710 e. The zero-order valence-corrected chi connectivity index (χ0v) is 9.78. The molecule has 3 aromatic rings. The summed E-state index contributed by atoms with van der Waals surface area (Å²) in [6.45, 7) is 0. The summed E-state index contributed by atoms with van der Waals surface area (Å²) in [4.78, 5) is 25.7. The zero-order chi connectivity index (χ0) is 13.7. The lowest BCUT2D eigenvalue weighted by atomic mass is 10.3. The van der Waals surface area contributed by atoms with Crippen molar-refractivity contribution in [2.24, 2.45) is 7.05 Å². The van der Waals surface area contributed by atoms with Crippen LogP contribution in [0.25, 0.3) is 22.2 Å². The average Bonchev–Trinajstić information content (AvgIpc) is 2.42. The molecule has 0 spiro atoms. The predicted molar refractivity (Wildman–Crippen MR) is 65.2 cm³/mol. The summed E-state index contributed by atoms with van der Waals surface area (Å²) in [5, 5.41) is 24.3. The number of nitrogens with zero attached hydrogens (tertiary/aromatic N) is 3. The molecule has 1 aromatic carbocycles. The van der Waals surface area contributed by atoms with Crippen molar-refractivity contribution in [1.29, 1.82) is 0 Å². The van der Waals surface area contributed by atoms with Gasteiger partial charge in [0.15, 0.2) is 0 Å². The molecule has 0 saturated carbocycles. The number of benzene rings is 1. The molecule has 8 nitrogen and oxygen atoms in total. The van der Waals surface area contributed by atoms with Crippen molar-refractivity contribution in [3.05, 3.63) is 55.5 Å². The maximum absolute atomic E-state index is 12.2. The molecule has 0 fully saturated rings. The Kier molecular flexibility index (Phi) is 2.09. The highest BCUT2D eigenvalue weighted by Crippen LogP contribution is 2.06. The lowest BCUT2D eigenvalue weighted by Crippen LogP contribution is -2.47. The van der Waals surface area contributed by atoms with Crippen molar-refractivity contribution in [2.75, 3.05) is 0 Å². The molecule has 0 atom stereocenters. The Morgan fingerprint density at radius 3 is 2.32 bits per heavy atom. The first-order valence-electron chi connectivity index (χ1n) is 5.39. The quantitative estimate of drug-likeness (QED) is 0.306. The van der Waals surface area contributed by atoms with E-state index in [-0.39, 0.29) is 16.7 Å². The number of hydrogen-bond acceptors (Lipinski definition) is 4. The minimum atomic E-state index is -0.816. The molecule has 0 saturated heterocycles. The van der Waals surface area contributed by atoms with E-state index in [0.717, 1.165) is 4.57 Å². The van der Waals surface area contributed by atoms with E-state index < -0.39 is 16.8 Å². The number of rotatable bonds is 0. The van der Waals surface area contributed by atoms with Gasteiger partial charge in [-0.15, -0.1) is 4.73 Å². The largest absolute Gasteiger partial charge is 0.710 e. The monoisotopic (exact) mass is 260 g/mol. The number of H-pyrrole nitrogens is 1. The summed E-state index contributed by atoms with van der Waals surface area (Å²) >= 11 is 0. The van der Waals surface area contributed by atoms with Gasteiger partial charge in [-0.2, -0.15) is 4.98 Å². The molecule has 0 aliphatic rings. The van der Waals surface area contributed by atoms with Crippen molar-refractivity contribution in [2.45, 2.75) is 0 Å². The van der Waals surface area contributed by atoms with E-state index in [1.807, 2.05) is 0 Å². The van der Waals surface area contributed by atoms with Gasteiger partial charge in [0.25, 0.3) is 5.52 Å². The Labute approximate surface area is 104 Å². The average molecular weight is 260 g/mol. The molecule has 0 radical (unpaired) electrons. The fourth-order valence-electron chi connectivity index (χ4n) is 1.98. The van der Waals surface area contributed by atoms with Crippen LogP contribution in [0.4, 0.5) is 0 Å². The number of fused-ring (bicyclic) bond motifs is 2. The van der Waals surface area contributed by atoms with E-state index in [9.17, 15) is 20.0 Å². The molecule has 0 bridgehead atoms. The molecule has 0 amide bonds. The molecule has 0 unspecified atom stereocenters. The fourth-order valence-corrected chi connectivity index (χ4v) is 1.98. The van der Waals surface area contributed by atoms with Crippen LogP contribution in [0, 0.1) is 10.4 Å². The Morgan fingerprint density at radius 2 is 1.68 bits per heavy atom. The van der Waals surface area contributed by atoms with Crippen LogP contribution in [0.1, 0.15) is 0 Å². The van der Waals surface area contributed by atoms with Crippen LogP contribution in [0.3, 0.4) is 0 Å². The topological polar surface area (TPSA) is 109 Å². The minimum absolute atomic E-state index is 0.0640. The van der Waals surface area contributed by atoms with Gasteiger partial charge in [-0.25, -0.2) is 14.1 Å². The molecule has 0 aliphatic heterocycles. The Balaban J connectivity index is 2.77. The van der Waals surface area contributed by atoms with Gasteiger partial charge in [0.2, 0.25) is 5.52 Å². The fraction of sp³-hybridized carbons (Fsp3) is 0.0909. The van der Waals surface area contributed by atoms with Crippen LogP contribution in [0.2, 0.25) is 0 Å². The van der Waals surface area contributed by atoms with E-state index in [0.29, 0.717) is 9.46 Å². The molecule has 96 valence electrons. The Hall–Kier alpha value is -2.90. The maximum atomic E-state index is 12.2. The maximum Gasteiger partial charge on any atom is 0.416 e. The molecular formula is C11H8N4O4. The molecule has 2 aromatic heterocycles. The third-order valence-electron chi connectivity index (χ3n) is 2.99. The second-order valence-corrected chi connectivity index (χ2v) is 4.07. The molecule has 1 N–H and O–H groups in total. The van der Waals surface area contributed by atoms with E-state index >= 15 is 0 Å².